The van der Waals surface area contributed by atoms with Gasteiger partial charge in [0.2, 0.25) is 0 Å². The van der Waals surface area contributed by atoms with Gasteiger partial charge in [0.1, 0.15) is 11.6 Å². The number of rotatable bonds is 2. The second-order valence-electron chi connectivity index (χ2n) is 4.53. The van der Waals surface area contributed by atoms with E-state index in [4.69, 9.17) is 5.73 Å². The Morgan fingerprint density at radius 3 is 2.33 bits per heavy atom. The molecule has 2 N–H and O–H groups in total. The van der Waals surface area contributed by atoms with Crippen molar-refractivity contribution < 1.29 is 13.2 Å². The van der Waals surface area contributed by atoms with Crippen LogP contribution in [-0.4, -0.2) is 11.7 Å². The maximum atomic E-state index is 14.8. The van der Waals surface area contributed by atoms with Crippen molar-refractivity contribution in [2.24, 2.45) is 5.73 Å². The molecule has 0 fully saturated rings. The molecule has 0 aliphatic heterocycles. The van der Waals surface area contributed by atoms with Gasteiger partial charge < -0.3 is 5.73 Å². The lowest BCUT2D eigenvalue weighted by Crippen LogP contribution is -2.44. The molecule has 1 nitrogen and oxygen atoms in total. The fraction of sp³-hybridized carbons (Fsp3) is 0.286. The minimum atomic E-state index is -1.96. The van der Waals surface area contributed by atoms with E-state index in [0.29, 0.717) is 11.1 Å². The van der Waals surface area contributed by atoms with E-state index in [2.05, 4.69) is 0 Å². The van der Waals surface area contributed by atoms with Gasteiger partial charge in [-0.15, -0.1) is 0 Å². The average molecular weight is 253 g/mol. The summed E-state index contributed by atoms with van der Waals surface area (Å²) >= 11 is 0. The van der Waals surface area contributed by atoms with Crippen molar-refractivity contribution in [2.45, 2.75) is 25.1 Å². The molecule has 1 aromatic rings. The first-order valence-corrected chi connectivity index (χ1v) is 5.71. The van der Waals surface area contributed by atoms with E-state index in [1.165, 1.54) is 43.3 Å². The summed E-state index contributed by atoms with van der Waals surface area (Å²) in [5, 5.41) is 0. The van der Waals surface area contributed by atoms with Gasteiger partial charge in [-0.2, -0.15) is 0 Å². The van der Waals surface area contributed by atoms with Crippen LogP contribution >= 0.6 is 0 Å². The van der Waals surface area contributed by atoms with Gasteiger partial charge in [-0.25, -0.2) is 13.2 Å². The van der Waals surface area contributed by atoms with Crippen LogP contribution in [0.2, 0.25) is 0 Å². The van der Waals surface area contributed by atoms with Crippen molar-refractivity contribution in [1.29, 1.82) is 0 Å². The summed E-state index contributed by atoms with van der Waals surface area (Å²) in [6, 6.07) is 4.57. The molecule has 18 heavy (non-hydrogen) atoms. The van der Waals surface area contributed by atoms with Crippen molar-refractivity contribution in [3.63, 3.8) is 0 Å². The van der Waals surface area contributed by atoms with Crippen molar-refractivity contribution in [3.8, 4) is 0 Å². The molecule has 96 valence electrons. The molecule has 1 aliphatic rings. The third-order valence-electron chi connectivity index (χ3n) is 3.18. The van der Waals surface area contributed by atoms with Crippen LogP contribution in [-0.2, 0) is 0 Å². The van der Waals surface area contributed by atoms with Crippen LogP contribution in [0.3, 0.4) is 0 Å². The number of benzene rings is 1. The summed E-state index contributed by atoms with van der Waals surface area (Å²) in [5.74, 6) is -0.942. The Morgan fingerprint density at radius 1 is 1.17 bits per heavy atom. The smallest absolute Gasteiger partial charge is 0.157 e. The van der Waals surface area contributed by atoms with Gasteiger partial charge in [-0.1, -0.05) is 18.2 Å². The van der Waals surface area contributed by atoms with Crippen molar-refractivity contribution in [1.82, 2.24) is 0 Å². The Balaban J connectivity index is 2.48. The lowest BCUT2D eigenvalue weighted by atomic mass is 9.79. The molecule has 0 heterocycles. The van der Waals surface area contributed by atoms with E-state index in [1.807, 2.05) is 0 Å². The molecule has 0 saturated heterocycles. The minimum absolute atomic E-state index is 0.291. The topological polar surface area (TPSA) is 26.0 Å². The molecule has 0 bridgehead atoms. The van der Waals surface area contributed by atoms with Gasteiger partial charge in [-0.05, 0) is 36.3 Å². The third-order valence-corrected chi connectivity index (χ3v) is 3.18. The molecule has 1 aliphatic carbocycles. The van der Waals surface area contributed by atoms with Crippen LogP contribution < -0.4 is 5.73 Å². The molecule has 0 radical (unpaired) electrons. The number of hydrogen-bond acceptors (Lipinski definition) is 1. The van der Waals surface area contributed by atoms with Crippen LogP contribution in [0.5, 0.6) is 0 Å². The van der Waals surface area contributed by atoms with Crippen LogP contribution in [0.25, 0.3) is 5.57 Å². The lowest BCUT2D eigenvalue weighted by molar-refractivity contribution is 0.193. The molecular weight excluding hydrogens is 239 g/mol. The van der Waals surface area contributed by atoms with Crippen LogP contribution in [0.4, 0.5) is 13.2 Å². The number of nitrogens with two attached hydrogens (primary N) is 1. The van der Waals surface area contributed by atoms with E-state index >= 15 is 0 Å². The highest BCUT2D eigenvalue weighted by molar-refractivity contribution is 5.76. The fourth-order valence-corrected chi connectivity index (χ4v) is 2.08. The Labute approximate surface area is 104 Å². The maximum absolute atomic E-state index is 14.8. The van der Waals surface area contributed by atoms with Gasteiger partial charge >= 0.3 is 0 Å². The minimum Gasteiger partial charge on any atom is -0.325 e. The Hall–Kier alpha value is -1.55. The third kappa shape index (κ3) is 2.20. The van der Waals surface area contributed by atoms with Gasteiger partial charge in [0.15, 0.2) is 5.67 Å². The first kappa shape index (κ1) is 12.9. The van der Waals surface area contributed by atoms with Crippen molar-refractivity contribution in [2.75, 3.05) is 0 Å². The van der Waals surface area contributed by atoms with Gasteiger partial charge in [0, 0.05) is 12.5 Å². The number of halogens is 3. The molecule has 1 aromatic carbocycles. The molecule has 0 amide bonds. The molecule has 0 saturated carbocycles. The summed E-state index contributed by atoms with van der Waals surface area (Å²) in [4.78, 5) is 0. The lowest BCUT2D eigenvalue weighted by Gasteiger charge is -2.33. The monoisotopic (exact) mass is 253 g/mol. The van der Waals surface area contributed by atoms with E-state index < -0.39 is 23.4 Å². The van der Waals surface area contributed by atoms with E-state index in [9.17, 15) is 13.2 Å². The number of alkyl halides is 1. The standard InChI is InChI=1S/C14H14F3N/c1-9(18)14(17)8-12(16)6-7-13(14)10-2-4-11(15)5-3-10/h2-7,9H,8,18H2,1H3. The van der Waals surface area contributed by atoms with Crippen LogP contribution in [0.15, 0.2) is 42.2 Å². The van der Waals surface area contributed by atoms with Crippen molar-refractivity contribution in [3.05, 3.63) is 53.6 Å². The zero-order valence-corrected chi connectivity index (χ0v) is 9.96. The first-order chi connectivity index (χ1) is 8.43. The highest BCUT2D eigenvalue weighted by Crippen LogP contribution is 2.41. The molecule has 2 rings (SSSR count). The summed E-state index contributed by atoms with van der Waals surface area (Å²) < 4.78 is 40.9. The molecule has 0 aromatic heterocycles. The highest BCUT2D eigenvalue weighted by atomic mass is 19.2. The van der Waals surface area contributed by atoms with Crippen molar-refractivity contribution >= 4 is 5.57 Å². The van der Waals surface area contributed by atoms with E-state index in [0.717, 1.165) is 0 Å². The quantitative estimate of drug-likeness (QED) is 0.857. The van der Waals surface area contributed by atoms with E-state index in [1.54, 1.807) is 0 Å². The fourth-order valence-electron chi connectivity index (χ4n) is 2.08. The summed E-state index contributed by atoms with van der Waals surface area (Å²) in [5.41, 5.74) is 4.48. The Bertz CT molecular complexity index is 502. The number of hydrogen-bond donors (Lipinski definition) is 1. The molecule has 2 unspecified atom stereocenters. The molecule has 2 atom stereocenters. The summed E-state index contributed by atoms with van der Waals surface area (Å²) in [7, 11) is 0. The zero-order chi connectivity index (χ0) is 13.3. The predicted octanol–water partition coefficient (Wildman–Crippen LogP) is 3.52. The zero-order valence-electron chi connectivity index (χ0n) is 9.96. The Kier molecular flexibility index (Phi) is 3.30. The van der Waals surface area contributed by atoms with Crippen LogP contribution in [0.1, 0.15) is 18.9 Å². The molecule has 0 spiro atoms. The summed E-state index contributed by atoms with van der Waals surface area (Å²) in [6.07, 6.45) is 2.21. The first-order valence-electron chi connectivity index (χ1n) is 5.71. The van der Waals surface area contributed by atoms with Gasteiger partial charge in [0.25, 0.3) is 0 Å². The van der Waals surface area contributed by atoms with Crippen LogP contribution in [0, 0.1) is 5.82 Å². The highest BCUT2D eigenvalue weighted by Gasteiger charge is 2.41. The van der Waals surface area contributed by atoms with E-state index in [-0.39, 0.29) is 6.42 Å². The predicted molar refractivity (Wildman–Crippen MR) is 65.7 cm³/mol. The average Bonchev–Trinajstić information content (AvgIpc) is 2.30. The molecule has 4 heteroatoms. The maximum Gasteiger partial charge on any atom is 0.157 e. The second kappa shape index (κ2) is 4.61. The Morgan fingerprint density at radius 2 is 1.78 bits per heavy atom. The van der Waals surface area contributed by atoms with Gasteiger partial charge in [0.05, 0.1) is 0 Å². The largest absolute Gasteiger partial charge is 0.325 e. The SMILES string of the molecule is CC(N)C1(F)CC(F)=CC=C1c1ccc(F)cc1. The summed E-state index contributed by atoms with van der Waals surface area (Å²) in [6.45, 7) is 1.50. The second-order valence-corrected chi connectivity index (χ2v) is 4.53. The number of allylic oxidation sites excluding steroid dienone is 3. The normalized spacial score (nSPS) is 25.4. The molecular formula is C14H14F3N. The van der Waals surface area contributed by atoms with Gasteiger partial charge in [-0.3, -0.25) is 0 Å².